The van der Waals surface area contributed by atoms with E-state index in [1.54, 1.807) is 24.3 Å². The largest absolute Gasteiger partial charge is 0.464 e. The van der Waals surface area contributed by atoms with Crippen LogP contribution in [0.25, 0.3) is 0 Å². The van der Waals surface area contributed by atoms with E-state index in [9.17, 15) is 9.59 Å². The Kier molecular flexibility index (Phi) is 4.10. The van der Waals surface area contributed by atoms with Crippen molar-refractivity contribution in [3.8, 4) is 0 Å². The molecule has 0 fully saturated rings. The molecule has 5 heteroatoms. The number of hydrogen-bond acceptors (Lipinski definition) is 4. The van der Waals surface area contributed by atoms with Crippen molar-refractivity contribution in [1.29, 1.82) is 0 Å². The summed E-state index contributed by atoms with van der Waals surface area (Å²) in [5.41, 5.74) is 1.17. The molecule has 1 aromatic heterocycles. The van der Waals surface area contributed by atoms with Gasteiger partial charge in [0.1, 0.15) is 0 Å². The van der Waals surface area contributed by atoms with Gasteiger partial charge in [-0.3, -0.25) is 9.69 Å². The van der Waals surface area contributed by atoms with Gasteiger partial charge in [0.15, 0.2) is 5.69 Å². The zero-order chi connectivity index (χ0) is 14.5. The van der Waals surface area contributed by atoms with E-state index in [1.165, 1.54) is 25.1 Å². The molecule has 0 bridgehead atoms. The van der Waals surface area contributed by atoms with Crippen molar-refractivity contribution in [2.75, 3.05) is 12.0 Å². The maximum Gasteiger partial charge on any atom is 0.358 e. The third kappa shape index (κ3) is 2.66. The summed E-state index contributed by atoms with van der Waals surface area (Å²) in [5, 5.41) is 0. The Morgan fingerprint density at radius 1 is 1.10 bits per heavy atom. The molecule has 0 atom stereocenters. The molecule has 1 heterocycles. The topological polar surface area (TPSA) is 59.5 Å². The molecule has 0 aliphatic carbocycles. The Morgan fingerprint density at radius 3 is 2.40 bits per heavy atom. The fourth-order valence-corrected chi connectivity index (χ4v) is 1.90. The summed E-state index contributed by atoms with van der Waals surface area (Å²) in [6.07, 6.45) is 1.49. The molecule has 0 N–H and O–H groups in total. The number of para-hydroxylation sites is 1. The van der Waals surface area contributed by atoms with Crippen LogP contribution in [0.5, 0.6) is 0 Å². The van der Waals surface area contributed by atoms with Crippen molar-refractivity contribution in [1.82, 2.24) is 4.98 Å². The molecule has 0 radical (unpaired) electrons. The number of esters is 1. The smallest absolute Gasteiger partial charge is 0.358 e. The lowest BCUT2D eigenvalue weighted by molar-refractivity contribution is -0.115. The van der Waals surface area contributed by atoms with Crippen molar-refractivity contribution in [2.24, 2.45) is 0 Å². The highest BCUT2D eigenvalue weighted by Gasteiger charge is 2.22. The maximum atomic E-state index is 12.0. The summed E-state index contributed by atoms with van der Waals surface area (Å²) in [6, 6.07) is 12.4. The second kappa shape index (κ2) is 5.97. The highest BCUT2D eigenvalue weighted by molar-refractivity contribution is 6.04. The Bertz CT molecular complexity index is 626. The van der Waals surface area contributed by atoms with Crippen LogP contribution in [0.1, 0.15) is 17.4 Å². The van der Waals surface area contributed by atoms with Gasteiger partial charge in [-0.25, -0.2) is 9.78 Å². The summed E-state index contributed by atoms with van der Waals surface area (Å²) < 4.78 is 4.70. The third-order valence-corrected chi connectivity index (χ3v) is 2.74. The van der Waals surface area contributed by atoms with Gasteiger partial charge in [-0.1, -0.05) is 18.2 Å². The van der Waals surface area contributed by atoms with Gasteiger partial charge < -0.3 is 4.74 Å². The minimum atomic E-state index is -0.581. The molecule has 0 aliphatic rings. The number of rotatable bonds is 3. The molecular weight excluding hydrogens is 256 g/mol. The van der Waals surface area contributed by atoms with E-state index < -0.39 is 5.97 Å². The molecule has 0 aliphatic heterocycles. The average molecular weight is 270 g/mol. The quantitative estimate of drug-likeness (QED) is 0.804. The van der Waals surface area contributed by atoms with E-state index in [2.05, 4.69) is 4.98 Å². The Morgan fingerprint density at radius 2 is 1.80 bits per heavy atom. The second-order valence-corrected chi connectivity index (χ2v) is 4.05. The van der Waals surface area contributed by atoms with Gasteiger partial charge in [-0.15, -0.1) is 0 Å². The number of ether oxygens (including phenoxy) is 1. The van der Waals surface area contributed by atoms with Gasteiger partial charge in [0.2, 0.25) is 5.91 Å². The zero-order valence-electron chi connectivity index (χ0n) is 11.2. The fourth-order valence-electron chi connectivity index (χ4n) is 1.90. The van der Waals surface area contributed by atoms with Crippen LogP contribution in [0.2, 0.25) is 0 Å². The molecule has 102 valence electrons. The second-order valence-electron chi connectivity index (χ2n) is 4.05. The summed E-state index contributed by atoms with van der Waals surface area (Å²) in [7, 11) is 1.28. The first kappa shape index (κ1) is 13.7. The molecule has 5 nitrogen and oxygen atoms in total. The normalized spacial score (nSPS) is 9.90. The zero-order valence-corrected chi connectivity index (χ0v) is 11.2. The summed E-state index contributed by atoms with van der Waals surface area (Å²) in [6.45, 7) is 1.43. The molecule has 2 rings (SSSR count). The van der Waals surface area contributed by atoms with E-state index >= 15 is 0 Å². The first-order valence-electron chi connectivity index (χ1n) is 6.04. The average Bonchev–Trinajstić information content (AvgIpc) is 2.48. The predicted molar refractivity (Wildman–Crippen MR) is 74.8 cm³/mol. The minimum absolute atomic E-state index is 0.106. The summed E-state index contributed by atoms with van der Waals surface area (Å²) >= 11 is 0. The van der Waals surface area contributed by atoms with Gasteiger partial charge >= 0.3 is 5.97 Å². The number of benzene rings is 1. The molecule has 2 aromatic rings. The van der Waals surface area contributed by atoms with E-state index in [-0.39, 0.29) is 11.6 Å². The lowest BCUT2D eigenvalue weighted by Gasteiger charge is -2.22. The van der Waals surface area contributed by atoms with Crippen LogP contribution < -0.4 is 4.90 Å². The molecule has 0 saturated carbocycles. The molecule has 1 amide bonds. The number of methoxy groups -OCH3 is 1. The van der Waals surface area contributed by atoms with E-state index in [0.29, 0.717) is 11.4 Å². The third-order valence-electron chi connectivity index (χ3n) is 2.74. The van der Waals surface area contributed by atoms with Gasteiger partial charge in [0.25, 0.3) is 0 Å². The van der Waals surface area contributed by atoms with Crippen LogP contribution in [0.4, 0.5) is 11.4 Å². The van der Waals surface area contributed by atoms with E-state index in [1.807, 2.05) is 18.2 Å². The van der Waals surface area contributed by atoms with Crippen molar-refractivity contribution in [3.05, 3.63) is 54.4 Å². The lowest BCUT2D eigenvalue weighted by Crippen LogP contribution is -2.25. The Hall–Kier alpha value is -2.69. The first-order valence-corrected chi connectivity index (χ1v) is 6.04. The number of carbonyl (C=O) groups excluding carboxylic acids is 2. The minimum Gasteiger partial charge on any atom is -0.464 e. The van der Waals surface area contributed by atoms with Crippen molar-refractivity contribution in [2.45, 2.75) is 6.92 Å². The Labute approximate surface area is 116 Å². The molecular formula is C15H14N2O3. The predicted octanol–water partition coefficient (Wildman–Crippen LogP) is 2.55. The molecule has 0 spiro atoms. The lowest BCUT2D eigenvalue weighted by atomic mass is 10.2. The summed E-state index contributed by atoms with van der Waals surface area (Å²) in [5.74, 6) is -0.794. The number of anilines is 2. The van der Waals surface area contributed by atoms with Crippen LogP contribution in [0.15, 0.2) is 48.7 Å². The number of carbonyl (C=O) groups is 2. The first-order chi connectivity index (χ1) is 9.65. The summed E-state index contributed by atoms with van der Waals surface area (Å²) in [4.78, 5) is 29.2. The number of aromatic nitrogens is 1. The van der Waals surface area contributed by atoms with Crippen molar-refractivity contribution < 1.29 is 14.3 Å². The van der Waals surface area contributed by atoms with Crippen LogP contribution in [-0.4, -0.2) is 24.0 Å². The van der Waals surface area contributed by atoms with Gasteiger partial charge in [0, 0.05) is 18.8 Å². The molecule has 20 heavy (non-hydrogen) atoms. The monoisotopic (exact) mass is 270 g/mol. The van der Waals surface area contributed by atoms with Crippen LogP contribution in [0, 0.1) is 0 Å². The number of pyridine rings is 1. The molecule has 0 unspecified atom stereocenters. The molecule has 1 aromatic carbocycles. The van der Waals surface area contributed by atoms with Crippen molar-refractivity contribution in [3.63, 3.8) is 0 Å². The number of hydrogen-bond donors (Lipinski definition) is 0. The number of nitrogens with zero attached hydrogens (tertiary/aromatic N) is 2. The van der Waals surface area contributed by atoms with Crippen LogP contribution in [0.3, 0.4) is 0 Å². The fraction of sp³-hybridized carbons (Fsp3) is 0.133. The highest BCUT2D eigenvalue weighted by atomic mass is 16.5. The van der Waals surface area contributed by atoms with Gasteiger partial charge in [0.05, 0.1) is 12.8 Å². The Balaban J connectivity index is 2.57. The number of amides is 1. The van der Waals surface area contributed by atoms with Crippen LogP contribution in [-0.2, 0) is 9.53 Å². The van der Waals surface area contributed by atoms with E-state index in [0.717, 1.165) is 0 Å². The van der Waals surface area contributed by atoms with Crippen LogP contribution >= 0.6 is 0 Å². The maximum absolute atomic E-state index is 12.0. The standard InChI is InChI=1S/C15H14N2O3/c1-11(18)17(12-7-4-3-5-8-12)13-9-6-10-16-14(13)15(19)20-2/h3-10H,1-2H3. The van der Waals surface area contributed by atoms with Crippen molar-refractivity contribution >= 4 is 23.3 Å². The van der Waals surface area contributed by atoms with Gasteiger partial charge in [-0.2, -0.15) is 0 Å². The highest BCUT2D eigenvalue weighted by Crippen LogP contribution is 2.27. The SMILES string of the molecule is COC(=O)c1ncccc1N(C(C)=O)c1ccccc1. The molecule has 0 saturated heterocycles. The van der Waals surface area contributed by atoms with Gasteiger partial charge in [-0.05, 0) is 24.3 Å². The van der Waals surface area contributed by atoms with E-state index in [4.69, 9.17) is 4.74 Å².